The fourth-order valence-electron chi connectivity index (χ4n) is 2.25. The monoisotopic (exact) mass is 338 g/mol. The van der Waals surface area contributed by atoms with E-state index >= 15 is 0 Å². The second-order valence-electron chi connectivity index (χ2n) is 5.15. The van der Waals surface area contributed by atoms with Crippen molar-refractivity contribution in [3.63, 3.8) is 0 Å². The quantitative estimate of drug-likeness (QED) is 0.900. The van der Waals surface area contributed by atoms with Gasteiger partial charge in [0.2, 0.25) is 0 Å². The number of amides is 1. The van der Waals surface area contributed by atoms with Crippen LogP contribution in [0.2, 0.25) is 0 Å². The van der Waals surface area contributed by atoms with Gasteiger partial charge < -0.3 is 15.4 Å². The number of likely N-dealkylation sites (N-methyl/N-ethyl adjacent to an activating group) is 1. The van der Waals surface area contributed by atoms with E-state index in [0.717, 1.165) is 26.6 Å². The van der Waals surface area contributed by atoms with Crippen molar-refractivity contribution in [2.24, 2.45) is 0 Å². The van der Waals surface area contributed by atoms with Crippen LogP contribution in [-0.4, -0.2) is 25.5 Å². The minimum absolute atomic E-state index is 0. The minimum atomic E-state index is -0.0195. The number of fused-ring (bicyclic) bond motifs is 3. The highest BCUT2D eigenvalue weighted by atomic mass is 35.5. The van der Waals surface area contributed by atoms with Crippen molar-refractivity contribution < 1.29 is 9.53 Å². The molecule has 22 heavy (non-hydrogen) atoms. The zero-order valence-electron chi connectivity index (χ0n) is 12.5. The van der Waals surface area contributed by atoms with Gasteiger partial charge in [0.05, 0.1) is 4.88 Å². The first-order valence-corrected chi connectivity index (χ1v) is 7.81. The van der Waals surface area contributed by atoms with Crippen LogP contribution in [0.1, 0.15) is 22.2 Å². The Balaban J connectivity index is 0.00000176. The second kappa shape index (κ2) is 7.13. The maximum Gasteiger partial charge on any atom is 0.261 e. The molecule has 2 N–H and O–H groups in total. The molecule has 6 heteroatoms. The Morgan fingerprint density at radius 3 is 2.95 bits per heavy atom. The van der Waals surface area contributed by atoms with Gasteiger partial charge >= 0.3 is 0 Å². The largest absolute Gasteiger partial charge is 0.488 e. The van der Waals surface area contributed by atoms with Gasteiger partial charge in [0.1, 0.15) is 12.4 Å². The highest BCUT2D eigenvalue weighted by molar-refractivity contribution is 7.17. The van der Waals surface area contributed by atoms with Gasteiger partial charge in [0.15, 0.2) is 0 Å². The maximum absolute atomic E-state index is 12.2. The summed E-state index contributed by atoms with van der Waals surface area (Å²) in [5.41, 5.74) is 2.16. The van der Waals surface area contributed by atoms with Gasteiger partial charge in [-0.1, -0.05) is 12.1 Å². The molecule has 1 aromatic carbocycles. The third-order valence-corrected chi connectivity index (χ3v) is 4.82. The zero-order chi connectivity index (χ0) is 14.8. The van der Waals surface area contributed by atoms with Crippen LogP contribution in [0.4, 0.5) is 0 Å². The lowest BCUT2D eigenvalue weighted by Gasteiger charge is -2.16. The molecule has 1 amide bonds. The summed E-state index contributed by atoms with van der Waals surface area (Å²) >= 11 is 1.53. The van der Waals surface area contributed by atoms with Crippen LogP contribution < -0.4 is 15.4 Å². The van der Waals surface area contributed by atoms with Crippen molar-refractivity contribution in [1.82, 2.24) is 10.6 Å². The van der Waals surface area contributed by atoms with Crippen molar-refractivity contribution >= 4 is 29.7 Å². The van der Waals surface area contributed by atoms with Crippen LogP contribution in [0, 0.1) is 0 Å². The van der Waals surface area contributed by atoms with Gasteiger partial charge in [-0.05, 0) is 32.2 Å². The number of halogens is 1. The van der Waals surface area contributed by atoms with E-state index in [2.05, 4.69) is 10.6 Å². The number of hydrogen-bond donors (Lipinski definition) is 2. The van der Waals surface area contributed by atoms with E-state index in [9.17, 15) is 4.79 Å². The van der Waals surface area contributed by atoms with Crippen LogP contribution in [0.15, 0.2) is 30.3 Å². The molecular formula is C16H19ClN2O2S. The molecule has 1 aromatic heterocycles. The van der Waals surface area contributed by atoms with Crippen LogP contribution in [0.25, 0.3) is 10.4 Å². The van der Waals surface area contributed by atoms with Gasteiger partial charge in [-0.2, -0.15) is 0 Å². The lowest BCUT2D eigenvalue weighted by atomic mass is 10.1. The second-order valence-corrected chi connectivity index (χ2v) is 6.20. The molecule has 1 aliphatic rings. The topological polar surface area (TPSA) is 50.4 Å². The Labute approximate surface area is 140 Å². The molecule has 0 fully saturated rings. The summed E-state index contributed by atoms with van der Waals surface area (Å²) in [4.78, 5) is 14.1. The van der Waals surface area contributed by atoms with Crippen LogP contribution >= 0.6 is 23.7 Å². The predicted octanol–water partition coefficient (Wildman–Crippen LogP) is 3.07. The lowest BCUT2D eigenvalue weighted by molar-refractivity contribution is 0.0954. The number of benzene rings is 1. The van der Waals surface area contributed by atoms with Crippen molar-refractivity contribution in [2.75, 3.05) is 13.6 Å². The van der Waals surface area contributed by atoms with Crippen molar-refractivity contribution in [3.8, 4) is 16.2 Å². The Bertz CT molecular complexity index is 672. The highest BCUT2D eigenvalue weighted by Gasteiger charge is 2.22. The molecule has 0 aliphatic carbocycles. The normalized spacial score (nSPS) is 13.2. The SMILES string of the molecule is CNC(C)CNC(=O)c1cc2c(s1)-c1ccccc1OC2.Cl. The fourth-order valence-corrected chi connectivity index (χ4v) is 3.36. The first-order valence-electron chi connectivity index (χ1n) is 6.99. The maximum atomic E-state index is 12.2. The van der Waals surface area contributed by atoms with E-state index in [1.807, 2.05) is 44.3 Å². The number of carbonyl (C=O) groups excluding carboxylic acids is 1. The van der Waals surface area contributed by atoms with Crippen molar-refractivity contribution in [1.29, 1.82) is 0 Å². The standard InChI is InChI=1S/C16H18N2O2S.ClH/c1-10(17-2)8-18-16(19)14-7-11-9-20-13-6-4-3-5-12(13)15(11)21-14;/h3-7,10,17H,8-9H2,1-2H3,(H,18,19);1H. The summed E-state index contributed by atoms with van der Waals surface area (Å²) in [6.07, 6.45) is 0. The van der Waals surface area contributed by atoms with E-state index in [0.29, 0.717) is 13.2 Å². The molecule has 0 saturated carbocycles. The van der Waals surface area contributed by atoms with Crippen molar-refractivity contribution in [2.45, 2.75) is 19.6 Å². The molecule has 1 aliphatic heterocycles. The molecule has 118 valence electrons. The summed E-state index contributed by atoms with van der Waals surface area (Å²) in [5.74, 6) is 0.872. The average Bonchev–Trinajstić information content (AvgIpc) is 2.96. The van der Waals surface area contributed by atoms with E-state index in [4.69, 9.17) is 4.74 Å². The minimum Gasteiger partial charge on any atom is -0.488 e. The summed E-state index contributed by atoms with van der Waals surface area (Å²) in [6.45, 7) is 3.18. The first kappa shape index (κ1) is 16.8. The highest BCUT2D eigenvalue weighted by Crippen LogP contribution is 2.42. The molecule has 0 spiro atoms. The van der Waals surface area contributed by atoms with Crippen LogP contribution in [0.5, 0.6) is 5.75 Å². The van der Waals surface area contributed by atoms with E-state index in [1.165, 1.54) is 11.3 Å². The molecule has 4 nitrogen and oxygen atoms in total. The molecule has 2 heterocycles. The summed E-state index contributed by atoms with van der Waals surface area (Å²) in [6, 6.07) is 10.2. The van der Waals surface area contributed by atoms with E-state index in [1.54, 1.807) is 0 Å². The molecule has 0 radical (unpaired) electrons. The molecule has 3 rings (SSSR count). The summed E-state index contributed by atoms with van der Waals surface area (Å²) < 4.78 is 5.72. The molecule has 1 atom stereocenters. The Kier molecular flexibility index (Phi) is 5.45. The molecule has 2 aromatic rings. The van der Waals surface area contributed by atoms with Gasteiger partial charge in [-0.15, -0.1) is 23.7 Å². The molecule has 0 saturated heterocycles. The number of hydrogen-bond acceptors (Lipinski definition) is 4. The number of carbonyl (C=O) groups is 1. The van der Waals surface area contributed by atoms with Crippen molar-refractivity contribution in [3.05, 3.63) is 40.8 Å². The summed E-state index contributed by atoms with van der Waals surface area (Å²) in [5, 5.41) is 6.05. The number of thiophene rings is 1. The lowest BCUT2D eigenvalue weighted by Crippen LogP contribution is -2.36. The van der Waals surface area contributed by atoms with Gasteiger partial charge in [0, 0.05) is 28.6 Å². The van der Waals surface area contributed by atoms with Gasteiger partial charge in [-0.3, -0.25) is 4.79 Å². The number of rotatable bonds is 4. The first-order chi connectivity index (χ1) is 10.2. The van der Waals surface area contributed by atoms with E-state index < -0.39 is 0 Å². The number of nitrogens with one attached hydrogen (secondary N) is 2. The van der Waals surface area contributed by atoms with E-state index in [-0.39, 0.29) is 24.4 Å². The molecule has 1 unspecified atom stereocenters. The number of para-hydroxylation sites is 1. The number of ether oxygens (including phenoxy) is 1. The molecule has 0 bridgehead atoms. The van der Waals surface area contributed by atoms with Gasteiger partial charge in [-0.25, -0.2) is 0 Å². The molecular weight excluding hydrogens is 320 g/mol. The third kappa shape index (κ3) is 3.27. The average molecular weight is 339 g/mol. The smallest absolute Gasteiger partial charge is 0.261 e. The van der Waals surface area contributed by atoms with Crippen LogP contribution in [0.3, 0.4) is 0 Å². The summed E-state index contributed by atoms with van der Waals surface area (Å²) in [7, 11) is 1.88. The Hall–Kier alpha value is -1.56. The zero-order valence-corrected chi connectivity index (χ0v) is 14.1. The predicted molar refractivity (Wildman–Crippen MR) is 92.2 cm³/mol. The van der Waals surface area contributed by atoms with Gasteiger partial charge in [0.25, 0.3) is 5.91 Å². The van der Waals surface area contributed by atoms with Crippen LogP contribution in [-0.2, 0) is 6.61 Å². The third-order valence-electron chi connectivity index (χ3n) is 3.61. The Morgan fingerprint density at radius 1 is 1.41 bits per heavy atom. The fraction of sp³-hybridized carbons (Fsp3) is 0.312. The Morgan fingerprint density at radius 2 is 2.18 bits per heavy atom.